The van der Waals surface area contributed by atoms with Crippen LogP contribution in [0.4, 0.5) is 0 Å². The molecule has 27 heavy (non-hydrogen) atoms. The summed E-state index contributed by atoms with van der Waals surface area (Å²) in [6.07, 6.45) is 4.23. The Balaban J connectivity index is 1.50. The van der Waals surface area contributed by atoms with Crippen molar-refractivity contribution in [1.29, 1.82) is 0 Å². The summed E-state index contributed by atoms with van der Waals surface area (Å²) < 4.78 is 0. The lowest BCUT2D eigenvalue weighted by atomic mass is 9.92. The number of carbonyl (C=O) groups is 3. The van der Waals surface area contributed by atoms with Crippen LogP contribution in [0, 0.1) is 11.8 Å². The molecule has 2 heterocycles. The monoisotopic (exact) mass is 371 g/mol. The van der Waals surface area contributed by atoms with E-state index in [1.807, 2.05) is 28.0 Å². The predicted molar refractivity (Wildman–Crippen MR) is 103 cm³/mol. The van der Waals surface area contributed by atoms with Gasteiger partial charge in [-0.15, -0.1) is 0 Å². The van der Waals surface area contributed by atoms with E-state index in [0.717, 1.165) is 32.2 Å². The molecule has 0 saturated carbocycles. The first-order valence-electron chi connectivity index (χ1n) is 9.91. The van der Waals surface area contributed by atoms with Crippen molar-refractivity contribution < 1.29 is 14.4 Å². The number of primary amides is 1. The van der Waals surface area contributed by atoms with Gasteiger partial charge in [-0.2, -0.15) is 0 Å². The van der Waals surface area contributed by atoms with Gasteiger partial charge in [-0.05, 0) is 37.2 Å². The van der Waals surface area contributed by atoms with Gasteiger partial charge < -0.3 is 15.5 Å². The molecule has 0 aliphatic carbocycles. The molecule has 3 amide bonds. The molecule has 6 heteroatoms. The van der Waals surface area contributed by atoms with Crippen LogP contribution in [0.1, 0.15) is 37.7 Å². The molecule has 2 aliphatic rings. The van der Waals surface area contributed by atoms with Crippen LogP contribution in [0.25, 0.3) is 0 Å². The van der Waals surface area contributed by atoms with E-state index in [9.17, 15) is 14.4 Å². The molecular formula is C21H29N3O3. The van der Waals surface area contributed by atoms with Crippen LogP contribution >= 0.6 is 0 Å². The van der Waals surface area contributed by atoms with E-state index in [0.29, 0.717) is 38.4 Å². The molecule has 2 unspecified atom stereocenters. The zero-order chi connectivity index (χ0) is 19.2. The second-order valence-electron chi connectivity index (χ2n) is 7.77. The maximum absolute atomic E-state index is 12.9. The zero-order valence-corrected chi connectivity index (χ0v) is 15.8. The summed E-state index contributed by atoms with van der Waals surface area (Å²) in [6.45, 7) is 2.61. The summed E-state index contributed by atoms with van der Waals surface area (Å²) in [6, 6.07) is 10.1. The molecule has 2 N–H and O–H groups in total. The van der Waals surface area contributed by atoms with Crippen molar-refractivity contribution in [2.75, 3.05) is 26.2 Å². The van der Waals surface area contributed by atoms with Gasteiger partial charge in [0.2, 0.25) is 17.7 Å². The molecule has 2 fully saturated rings. The standard InChI is InChI=1S/C21H29N3O3/c22-19(25)9-8-17-7-4-11-24(14-17)21(27)18-13-20(26)23(15-18)12-10-16-5-2-1-3-6-16/h1-3,5-6,17-18H,4,7-15H2,(H2,22,25). The summed E-state index contributed by atoms with van der Waals surface area (Å²) in [5.74, 6) is -0.0144. The van der Waals surface area contributed by atoms with Crippen molar-refractivity contribution in [3.8, 4) is 0 Å². The highest BCUT2D eigenvalue weighted by molar-refractivity contribution is 5.89. The van der Waals surface area contributed by atoms with Gasteiger partial charge in [0.05, 0.1) is 5.92 Å². The van der Waals surface area contributed by atoms with E-state index in [-0.39, 0.29) is 23.6 Å². The quantitative estimate of drug-likeness (QED) is 0.790. The van der Waals surface area contributed by atoms with Gasteiger partial charge in [-0.3, -0.25) is 14.4 Å². The third kappa shape index (κ3) is 5.31. The molecular weight excluding hydrogens is 342 g/mol. The smallest absolute Gasteiger partial charge is 0.228 e. The van der Waals surface area contributed by atoms with E-state index < -0.39 is 0 Å². The van der Waals surface area contributed by atoms with Gasteiger partial charge >= 0.3 is 0 Å². The summed E-state index contributed by atoms with van der Waals surface area (Å²) in [5.41, 5.74) is 6.44. The van der Waals surface area contributed by atoms with Gasteiger partial charge in [-0.25, -0.2) is 0 Å². The van der Waals surface area contributed by atoms with E-state index >= 15 is 0 Å². The minimum absolute atomic E-state index is 0.0755. The largest absolute Gasteiger partial charge is 0.370 e. The Morgan fingerprint density at radius 1 is 1.15 bits per heavy atom. The summed E-state index contributed by atoms with van der Waals surface area (Å²) in [5, 5.41) is 0. The second-order valence-corrected chi connectivity index (χ2v) is 7.77. The Hall–Kier alpha value is -2.37. The zero-order valence-electron chi connectivity index (χ0n) is 15.8. The number of nitrogens with zero attached hydrogens (tertiary/aromatic N) is 2. The molecule has 0 radical (unpaired) electrons. The molecule has 0 spiro atoms. The van der Waals surface area contributed by atoms with E-state index in [2.05, 4.69) is 12.1 Å². The Kier molecular flexibility index (Phi) is 6.48. The maximum atomic E-state index is 12.9. The molecule has 146 valence electrons. The van der Waals surface area contributed by atoms with E-state index in [4.69, 9.17) is 5.73 Å². The highest BCUT2D eigenvalue weighted by Gasteiger charge is 2.37. The first-order chi connectivity index (χ1) is 13.0. The first-order valence-corrected chi connectivity index (χ1v) is 9.91. The normalized spacial score (nSPS) is 22.9. The van der Waals surface area contributed by atoms with Crippen molar-refractivity contribution in [2.45, 2.75) is 38.5 Å². The fourth-order valence-corrected chi connectivity index (χ4v) is 4.17. The number of nitrogens with two attached hydrogens (primary N) is 1. The number of likely N-dealkylation sites (tertiary alicyclic amines) is 2. The molecule has 6 nitrogen and oxygen atoms in total. The Bertz CT molecular complexity index is 677. The predicted octanol–water partition coefficient (Wildman–Crippen LogP) is 1.58. The Labute approximate surface area is 160 Å². The van der Waals surface area contributed by atoms with Crippen LogP contribution in [0.2, 0.25) is 0 Å². The first kappa shape index (κ1) is 19.4. The highest BCUT2D eigenvalue weighted by Crippen LogP contribution is 2.26. The summed E-state index contributed by atoms with van der Waals surface area (Å²) in [7, 11) is 0. The van der Waals surface area contributed by atoms with Crippen LogP contribution in [-0.4, -0.2) is 53.7 Å². The van der Waals surface area contributed by atoms with Gasteiger partial charge in [0, 0.05) is 39.0 Å². The van der Waals surface area contributed by atoms with Crippen molar-refractivity contribution in [3.05, 3.63) is 35.9 Å². The topological polar surface area (TPSA) is 83.7 Å². The number of hydrogen-bond acceptors (Lipinski definition) is 3. The van der Waals surface area contributed by atoms with Crippen LogP contribution in [0.5, 0.6) is 0 Å². The molecule has 3 rings (SSSR count). The SMILES string of the molecule is NC(=O)CCC1CCCN(C(=O)C2CC(=O)N(CCc3ccccc3)C2)C1. The van der Waals surface area contributed by atoms with Crippen LogP contribution < -0.4 is 5.73 Å². The summed E-state index contributed by atoms with van der Waals surface area (Å²) in [4.78, 5) is 40.0. The lowest BCUT2D eigenvalue weighted by molar-refractivity contribution is -0.137. The van der Waals surface area contributed by atoms with Crippen molar-refractivity contribution in [2.24, 2.45) is 17.6 Å². The Morgan fingerprint density at radius 3 is 2.67 bits per heavy atom. The lowest BCUT2D eigenvalue weighted by Crippen LogP contribution is -2.43. The molecule has 1 aromatic carbocycles. The van der Waals surface area contributed by atoms with Gasteiger partial charge in [-0.1, -0.05) is 30.3 Å². The van der Waals surface area contributed by atoms with Gasteiger partial charge in [0.15, 0.2) is 0 Å². The van der Waals surface area contributed by atoms with Crippen molar-refractivity contribution in [1.82, 2.24) is 9.80 Å². The molecule has 2 atom stereocenters. The minimum Gasteiger partial charge on any atom is -0.370 e. The van der Waals surface area contributed by atoms with Crippen LogP contribution in [0.3, 0.4) is 0 Å². The third-order valence-electron chi connectivity index (χ3n) is 5.71. The van der Waals surface area contributed by atoms with Crippen molar-refractivity contribution in [3.63, 3.8) is 0 Å². The number of carbonyl (C=O) groups excluding carboxylic acids is 3. The fraction of sp³-hybridized carbons (Fsp3) is 0.571. The average Bonchev–Trinajstić information content (AvgIpc) is 3.06. The average molecular weight is 371 g/mol. The number of benzene rings is 1. The number of rotatable bonds is 7. The third-order valence-corrected chi connectivity index (χ3v) is 5.71. The van der Waals surface area contributed by atoms with Crippen molar-refractivity contribution >= 4 is 17.7 Å². The molecule has 2 aliphatic heterocycles. The number of hydrogen-bond donors (Lipinski definition) is 1. The van der Waals surface area contributed by atoms with Gasteiger partial charge in [0.25, 0.3) is 0 Å². The van der Waals surface area contributed by atoms with Crippen LogP contribution in [-0.2, 0) is 20.8 Å². The molecule has 0 aromatic heterocycles. The van der Waals surface area contributed by atoms with Gasteiger partial charge in [0.1, 0.15) is 0 Å². The lowest BCUT2D eigenvalue weighted by Gasteiger charge is -2.34. The maximum Gasteiger partial charge on any atom is 0.228 e. The molecule has 1 aromatic rings. The van der Waals surface area contributed by atoms with Crippen LogP contribution in [0.15, 0.2) is 30.3 Å². The highest BCUT2D eigenvalue weighted by atomic mass is 16.2. The second kappa shape index (κ2) is 9.02. The fourth-order valence-electron chi connectivity index (χ4n) is 4.17. The molecule has 2 saturated heterocycles. The molecule has 0 bridgehead atoms. The van der Waals surface area contributed by atoms with E-state index in [1.54, 1.807) is 0 Å². The minimum atomic E-state index is -0.283. The Morgan fingerprint density at radius 2 is 1.93 bits per heavy atom. The summed E-state index contributed by atoms with van der Waals surface area (Å²) >= 11 is 0. The number of amides is 3. The van der Waals surface area contributed by atoms with E-state index in [1.165, 1.54) is 5.56 Å². The number of piperidine rings is 1.